The molecule has 0 aliphatic rings. The Morgan fingerprint density at radius 3 is 1.02 bits per heavy atom. The van der Waals surface area contributed by atoms with E-state index in [1.54, 1.807) is 0 Å². The number of nitrogens with zero attached hydrogens (tertiary/aromatic N) is 1. The van der Waals surface area contributed by atoms with Gasteiger partial charge < -0.3 is 5.73 Å². The van der Waals surface area contributed by atoms with Crippen molar-refractivity contribution >= 4 is 17.7 Å². The fourth-order valence-electron chi connectivity index (χ4n) is 5.44. The van der Waals surface area contributed by atoms with Gasteiger partial charge in [0.25, 0.3) is 0 Å². The van der Waals surface area contributed by atoms with E-state index in [0.29, 0.717) is 12.8 Å². The van der Waals surface area contributed by atoms with E-state index in [1.807, 2.05) is 0 Å². The van der Waals surface area contributed by atoms with Crippen LogP contribution in [-0.2, 0) is 14.4 Å². The maximum Gasteiger partial charge on any atom is 0.237 e. The highest BCUT2D eigenvalue weighted by Crippen LogP contribution is 2.13. The predicted molar refractivity (Wildman–Crippen MR) is 185 cm³/mol. The van der Waals surface area contributed by atoms with Crippen molar-refractivity contribution in [3.8, 4) is 0 Å². The SMILES string of the molecule is CCCCCCCCC=CCCCCCCCC(=O)N(CC(N)=O)C(=O)CCCCCCCC=CCCCCCCCC. The highest BCUT2D eigenvalue weighted by Gasteiger charge is 2.22. The topological polar surface area (TPSA) is 80.5 Å². The van der Waals surface area contributed by atoms with E-state index in [-0.39, 0.29) is 18.4 Å². The molecule has 0 spiro atoms. The Balaban J connectivity index is 3.86. The van der Waals surface area contributed by atoms with Crippen molar-refractivity contribution in [3.63, 3.8) is 0 Å². The van der Waals surface area contributed by atoms with E-state index in [4.69, 9.17) is 5.73 Å². The molecule has 5 nitrogen and oxygen atoms in total. The van der Waals surface area contributed by atoms with Crippen LogP contribution in [0.3, 0.4) is 0 Å². The van der Waals surface area contributed by atoms with Crippen LogP contribution >= 0.6 is 0 Å². The van der Waals surface area contributed by atoms with Crippen molar-refractivity contribution in [2.75, 3.05) is 6.54 Å². The smallest absolute Gasteiger partial charge is 0.237 e. The zero-order chi connectivity index (χ0) is 31.6. The van der Waals surface area contributed by atoms with Gasteiger partial charge in [-0.05, 0) is 64.2 Å². The Morgan fingerprint density at radius 1 is 0.442 bits per heavy atom. The van der Waals surface area contributed by atoms with Crippen molar-refractivity contribution in [1.29, 1.82) is 0 Å². The molecule has 0 heterocycles. The van der Waals surface area contributed by atoms with Gasteiger partial charge in [0.2, 0.25) is 17.7 Å². The van der Waals surface area contributed by atoms with Crippen LogP contribution in [0, 0.1) is 0 Å². The molecule has 250 valence electrons. The second-order valence-corrected chi connectivity index (χ2v) is 12.5. The Morgan fingerprint density at radius 2 is 0.721 bits per heavy atom. The number of carbonyl (C=O) groups excluding carboxylic acids is 3. The zero-order valence-electron chi connectivity index (χ0n) is 28.6. The number of carbonyl (C=O) groups is 3. The molecule has 0 atom stereocenters. The van der Waals surface area contributed by atoms with E-state index in [1.165, 1.54) is 103 Å². The molecule has 2 N–H and O–H groups in total. The molecular weight excluding hydrogens is 532 g/mol. The normalized spacial score (nSPS) is 11.6. The fraction of sp³-hybridized carbons (Fsp3) is 0.816. The molecule has 0 aromatic rings. The maximum absolute atomic E-state index is 12.7. The average molecular weight is 603 g/mol. The first kappa shape index (κ1) is 41.1. The summed E-state index contributed by atoms with van der Waals surface area (Å²) in [6, 6.07) is 0. The molecule has 0 aromatic heterocycles. The summed E-state index contributed by atoms with van der Waals surface area (Å²) in [6.07, 6.45) is 41.1. The van der Waals surface area contributed by atoms with Gasteiger partial charge in [0, 0.05) is 12.8 Å². The molecule has 0 rings (SSSR count). The summed E-state index contributed by atoms with van der Waals surface area (Å²) in [5.74, 6) is -1.14. The number of hydrogen-bond donors (Lipinski definition) is 1. The van der Waals surface area contributed by atoms with Crippen molar-refractivity contribution in [2.45, 2.75) is 194 Å². The van der Waals surface area contributed by atoms with Crippen LogP contribution in [0.2, 0.25) is 0 Å². The van der Waals surface area contributed by atoms with Gasteiger partial charge in [-0.3, -0.25) is 19.3 Å². The quantitative estimate of drug-likeness (QED) is 0.0614. The minimum Gasteiger partial charge on any atom is -0.368 e. The van der Waals surface area contributed by atoms with Crippen LogP contribution in [0.5, 0.6) is 0 Å². The van der Waals surface area contributed by atoms with Crippen LogP contribution in [-0.4, -0.2) is 29.2 Å². The largest absolute Gasteiger partial charge is 0.368 e. The summed E-state index contributed by atoms with van der Waals surface area (Å²) < 4.78 is 0. The number of rotatable bonds is 32. The fourth-order valence-corrected chi connectivity index (χ4v) is 5.44. The first-order valence-corrected chi connectivity index (χ1v) is 18.4. The van der Waals surface area contributed by atoms with Gasteiger partial charge >= 0.3 is 0 Å². The van der Waals surface area contributed by atoms with Crippen molar-refractivity contribution in [1.82, 2.24) is 4.90 Å². The van der Waals surface area contributed by atoms with Gasteiger partial charge in [-0.15, -0.1) is 0 Å². The lowest BCUT2D eigenvalue weighted by Gasteiger charge is -2.19. The summed E-state index contributed by atoms with van der Waals surface area (Å²) in [7, 11) is 0. The highest BCUT2D eigenvalue weighted by molar-refractivity contribution is 5.98. The Bertz CT molecular complexity index is 664. The lowest BCUT2D eigenvalue weighted by Crippen LogP contribution is -2.42. The highest BCUT2D eigenvalue weighted by atomic mass is 16.2. The average Bonchev–Trinajstić information content (AvgIpc) is 2.99. The summed E-state index contributed by atoms with van der Waals surface area (Å²) in [5.41, 5.74) is 5.34. The van der Waals surface area contributed by atoms with Gasteiger partial charge in [0.05, 0.1) is 0 Å². The molecule has 0 bridgehead atoms. The molecule has 5 heteroatoms. The van der Waals surface area contributed by atoms with Gasteiger partial charge in [-0.2, -0.15) is 0 Å². The molecule has 0 saturated heterocycles. The predicted octanol–water partition coefficient (Wildman–Crippen LogP) is 10.9. The Kier molecular flexibility index (Phi) is 31.5. The number of allylic oxidation sites excluding steroid dienone is 4. The summed E-state index contributed by atoms with van der Waals surface area (Å²) in [5, 5.41) is 0. The van der Waals surface area contributed by atoms with Crippen LogP contribution < -0.4 is 5.73 Å². The molecule has 0 aliphatic carbocycles. The molecule has 0 fully saturated rings. The number of nitrogens with two attached hydrogens (primary N) is 1. The lowest BCUT2D eigenvalue weighted by atomic mass is 10.1. The monoisotopic (exact) mass is 603 g/mol. The summed E-state index contributed by atoms with van der Waals surface area (Å²) in [4.78, 5) is 38.0. The molecule has 43 heavy (non-hydrogen) atoms. The molecule has 0 unspecified atom stereocenters. The number of hydrogen-bond acceptors (Lipinski definition) is 3. The molecule has 0 aromatic carbocycles. The molecule has 0 radical (unpaired) electrons. The minimum absolute atomic E-state index is 0.255. The zero-order valence-corrected chi connectivity index (χ0v) is 28.6. The van der Waals surface area contributed by atoms with E-state index in [2.05, 4.69) is 38.2 Å². The van der Waals surface area contributed by atoms with Gasteiger partial charge in [0.1, 0.15) is 6.54 Å². The first-order chi connectivity index (χ1) is 21.0. The molecule has 3 amide bonds. The van der Waals surface area contributed by atoms with E-state index < -0.39 is 5.91 Å². The lowest BCUT2D eigenvalue weighted by molar-refractivity contribution is -0.147. The van der Waals surface area contributed by atoms with Crippen LogP contribution in [0.15, 0.2) is 24.3 Å². The van der Waals surface area contributed by atoms with Crippen molar-refractivity contribution in [2.24, 2.45) is 5.73 Å². The van der Waals surface area contributed by atoms with E-state index >= 15 is 0 Å². The molecular formula is C38H70N2O3. The maximum atomic E-state index is 12.7. The summed E-state index contributed by atoms with van der Waals surface area (Å²) in [6.45, 7) is 4.22. The van der Waals surface area contributed by atoms with Crippen molar-refractivity contribution in [3.05, 3.63) is 24.3 Å². The van der Waals surface area contributed by atoms with E-state index in [9.17, 15) is 14.4 Å². The van der Waals surface area contributed by atoms with E-state index in [0.717, 1.165) is 69.1 Å². The van der Waals surface area contributed by atoms with Gasteiger partial charge in [-0.1, -0.05) is 141 Å². The Hall–Kier alpha value is -1.91. The first-order valence-electron chi connectivity index (χ1n) is 18.4. The standard InChI is InChI=1S/C38H70N2O3/c1-3-5-7-9-11-13-15-17-19-21-23-25-27-29-31-33-37(42)40(35-36(39)41)38(43)34-32-30-28-26-24-22-20-18-16-14-12-10-8-6-4-2/h17-20H,3-16,21-35H2,1-2H3,(H2,39,41). The number of primary amides is 1. The Labute approximate surface area is 266 Å². The van der Waals surface area contributed by atoms with Crippen LogP contribution in [0.1, 0.15) is 194 Å². The van der Waals surface area contributed by atoms with Crippen molar-refractivity contribution < 1.29 is 14.4 Å². The minimum atomic E-state index is -0.629. The number of unbranched alkanes of at least 4 members (excludes halogenated alkanes) is 22. The molecule has 0 saturated carbocycles. The van der Waals surface area contributed by atoms with Crippen LogP contribution in [0.25, 0.3) is 0 Å². The second kappa shape index (κ2) is 33.0. The number of imide groups is 1. The van der Waals surface area contributed by atoms with Gasteiger partial charge in [0.15, 0.2) is 0 Å². The molecule has 0 aliphatic heterocycles. The second-order valence-electron chi connectivity index (χ2n) is 12.5. The third-order valence-corrected chi connectivity index (χ3v) is 8.22. The third-order valence-electron chi connectivity index (χ3n) is 8.22. The summed E-state index contributed by atoms with van der Waals surface area (Å²) >= 11 is 0. The van der Waals surface area contributed by atoms with Gasteiger partial charge in [-0.25, -0.2) is 0 Å². The van der Waals surface area contributed by atoms with Crippen LogP contribution in [0.4, 0.5) is 0 Å². The third kappa shape index (κ3) is 29.9. The number of amides is 3.